The normalized spacial score (nSPS) is 10.6. The van der Waals surface area contributed by atoms with Gasteiger partial charge in [0, 0.05) is 17.8 Å². The number of carbonyl (C=O) groups excluding carboxylic acids is 1. The first-order valence-electron chi connectivity index (χ1n) is 8.29. The lowest BCUT2D eigenvalue weighted by Gasteiger charge is -2.12. The van der Waals surface area contributed by atoms with Gasteiger partial charge in [-0.25, -0.2) is 18.7 Å². The lowest BCUT2D eigenvalue weighted by molar-refractivity contribution is 0.102. The van der Waals surface area contributed by atoms with E-state index in [0.717, 1.165) is 23.3 Å². The van der Waals surface area contributed by atoms with E-state index in [1.54, 1.807) is 13.0 Å². The fourth-order valence-corrected chi connectivity index (χ4v) is 2.55. The maximum absolute atomic E-state index is 13.8. The molecule has 0 radical (unpaired) electrons. The Morgan fingerprint density at radius 1 is 0.963 bits per heavy atom. The highest BCUT2D eigenvalue weighted by Crippen LogP contribution is 2.21. The van der Waals surface area contributed by atoms with Crippen LogP contribution in [0.2, 0.25) is 0 Å². The van der Waals surface area contributed by atoms with Crippen molar-refractivity contribution in [1.29, 1.82) is 0 Å². The lowest BCUT2D eigenvalue weighted by Crippen LogP contribution is -2.16. The summed E-state index contributed by atoms with van der Waals surface area (Å²) in [5.41, 5.74) is 2.89. The van der Waals surface area contributed by atoms with Gasteiger partial charge in [0.15, 0.2) is 0 Å². The van der Waals surface area contributed by atoms with Gasteiger partial charge in [-0.05, 0) is 50.1 Å². The molecule has 0 aliphatic heterocycles. The standard InChI is InChI=1S/C20H18F2N4O/c1-11-5-4-6-16(12(11)2)26-20(27)18-10-19(24-13(3)23-18)25-17-8-7-14(21)9-15(17)22/h4-10H,1-3H3,(H,26,27)(H,23,24,25). The maximum Gasteiger partial charge on any atom is 0.274 e. The summed E-state index contributed by atoms with van der Waals surface area (Å²) in [4.78, 5) is 20.9. The number of hydrogen-bond donors (Lipinski definition) is 2. The molecule has 27 heavy (non-hydrogen) atoms. The van der Waals surface area contributed by atoms with Gasteiger partial charge in [0.1, 0.15) is 29.0 Å². The van der Waals surface area contributed by atoms with Crippen molar-refractivity contribution in [2.24, 2.45) is 0 Å². The minimum Gasteiger partial charge on any atom is -0.338 e. The molecule has 2 aromatic carbocycles. The number of aryl methyl sites for hydroxylation is 2. The van der Waals surface area contributed by atoms with Gasteiger partial charge in [-0.15, -0.1) is 0 Å². The molecular weight excluding hydrogens is 350 g/mol. The quantitative estimate of drug-likeness (QED) is 0.702. The van der Waals surface area contributed by atoms with E-state index in [1.807, 2.05) is 26.0 Å². The van der Waals surface area contributed by atoms with Crippen LogP contribution in [0.15, 0.2) is 42.5 Å². The zero-order valence-corrected chi connectivity index (χ0v) is 15.1. The third-order valence-electron chi connectivity index (χ3n) is 4.12. The van der Waals surface area contributed by atoms with E-state index in [4.69, 9.17) is 0 Å². The Balaban J connectivity index is 1.86. The molecule has 3 rings (SSSR count). The number of nitrogens with zero attached hydrogens (tertiary/aromatic N) is 2. The molecule has 0 aliphatic rings. The van der Waals surface area contributed by atoms with Crippen molar-refractivity contribution in [2.45, 2.75) is 20.8 Å². The Kier molecular flexibility index (Phi) is 5.12. The second-order valence-corrected chi connectivity index (χ2v) is 6.14. The Hall–Kier alpha value is -3.35. The van der Waals surface area contributed by atoms with Gasteiger partial charge >= 0.3 is 0 Å². The summed E-state index contributed by atoms with van der Waals surface area (Å²) in [5.74, 6) is -1.26. The molecule has 2 N–H and O–H groups in total. The van der Waals surface area contributed by atoms with Crippen molar-refractivity contribution in [2.75, 3.05) is 10.6 Å². The molecule has 1 amide bonds. The number of aromatic nitrogens is 2. The van der Waals surface area contributed by atoms with Crippen molar-refractivity contribution >= 4 is 23.1 Å². The monoisotopic (exact) mass is 368 g/mol. The molecule has 0 aliphatic carbocycles. The zero-order valence-electron chi connectivity index (χ0n) is 15.1. The number of halogens is 2. The first-order chi connectivity index (χ1) is 12.8. The summed E-state index contributed by atoms with van der Waals surface area (Å²) < 4.78 is 26.9. The minimum atomic E-state index is -0.757. The number of hydrogen-bond acceptors (Lipinski definition) is 4. The van der Waals surface area contributed by atoms with Crippen LogP contribution >= 0.6 is 0 Å². The summed E-state index contributed by atoms with van der Waals surface area (Å²) in [6.45, 7) is 5.50. The molecule has 138 valence electrons. The molecule has 0 saturated carbocycles. The SMILES string of the molecule is Cc1nc(Nc2ccc(F)cc2F)cc(C(=O)Nc2cccc(C)c2C)n1. The first-order valence-corrected chi connectivity index (χ1v) is 8.29. The van der Waals surface area contributed by atoms with Crippen LogP contribution in [0.1, 0.15) is 27.4 Å². The van der Waals surface area contributed by atoms with Gasteiger partial charge in [-0.1, -0.05) is 12.1 Å². The second-order valence-electron chi connectivity index (χ2n) is 6.14. The topological polar surface area (TPSA) is 66.9 Å². The van der Waals surface area contributed by atoms with Gasteiger partial charge in [0.05, 0.1) is 5.69 Å². The zero-order chi connectivity index (χ0) is 19.6. The van der Waals surface area contributed by atoms with Crippen molar-refractivity contribution in [3.05, 3.63) is 76.7 Å². The molecule has 1 heterocycles. The number of nitrogens with one attached hydrogen (secondary N) is 2. The molecule has 0 unspecified atom stereocenters. The van der Waals surface area contributed by atoms with Gasteiger partial charge in [0.25, 0.3) is 5.91 Å². The fraction of sp³-hybridized carbons (Fsp3) is 0.150. The molecule has 3 aromatic rings. The van der Waals surface area contributed by atoms with Crippen LogP contribution in [-0.4, -0.2) is 15.9 Å². The van der Waals surface area contributed by atoms with Gasteiger partial charge < -0.3 is 10.6 Å². The highest BCUT2D eigenvalue weighted by Gasteiger charge is 2.13. The Morgan fingerprint density at radius 2 is 1.74 bits per heavy atom. The van der Waals surface area contributed by atoms with Crippen LogP contribution < -0.4 is 10.6 Å². The average molecular weight is 368 g/mol. The minimum absolute atomic E-state index is 0.0513. The lowest BCUT2D eigenvalue weighted by atomic mass is 10.1. The van der Waals surface area contributed by atoms with E-state index in [1.165, 1.54) is 12.1 Å². The number of amides is 1. The predicted molar refractivity (Wildman–Crippen MR) is 100 cm³/mol. The smallest absolute Gasteiger partial charge is 0.274 e. The van der Waals surface area contributed by atoms with Crippen LogP contribution in [-0.2, 0) is 0 Å². The van der Waals surface area contributed by atoms with Crippen LogP contribution in [0.5, 0.6) is 0 Å². The Bertz CT molecular complexity index is 1020. The molecule has 5 nitrogen and oxygen atoms in total. The van der Waals surface area contributed by atoms with Crippen molar-refractivity contribution in [3.8, 4) is 0 Å². The van der Waals surface area contributed by atoms with Crippen LogP contribution in [0.3, 0.4) is 0 Å². The maximum atomic E-state index is 13.8. The van der Waals surface area contributed by atoms with Crippen LogP contribution in [0, 0.1) is 32.4 Å². The van der Waals surface area contributed by atoms with Gasteiger partial charge in [-0.2, -0.15) is 0 Å². The summed E-state index contributed by atoms with van der Waals surface area (Å²) in [6.07, 6.45) is 0. The summed E-state index contributed by atoms with van der Waals surface area (Å²) >= 11 is 0. The van der Waals surface area contributed by atoms with Crippen LogP contribution in [0.4, 0.5) is 26.0 Å². The first kappa shape index (κ1) is 18.4. The number of anilines is 3. The van der Waals surface area contributed by atoms with E-state index < -0.39 is 17.5 Å². The third kappa shape index (κ3) is 4.25. The summed E-state index contributed by atoms with van der Waals surface area (Å²) in [5, 5.41) is 5.57. The molecule has 0 spiro atoms. The van der Waals surface area contributed by atoms with E-state index in [9.17, 15) is 13.6 Å². The van der Waals surface area contributed by atoms with Crippen molar-refractivity contribution < 1.29 is 13.6 Å². The fourth-order valence-electron chi connectivity index (χ4n) is 2.55. The molecule has 0 atom stereocenters. The molecule has 7 heteroatoms. The molecule has 0 saturated heterocycles. The number of carbonyl (C=O) groups is 1. The summed E-state index contributed by atoms with van der Waals surface area (Å²) in [6, 6.07) is 10.2. The molecule has 0 fully saturated rings. The van der Waals surface area contributed by atoms with Crippen LogP contribution in [0.25, 0.3) is 0 Å². The number of benzene rings is 2. The van der Waals surface area contributed by atoms with Gasteiger partial charge in [-0.3, -0.25) is 4.79 Å². The Morgan fingerprint density at radius 3 is 2.48 bits per heavy atom. The number of rotatable bonds is 4. The highest BCUT2D eigenvalue weighted by atomic mass is 19.1. The Labute approximate surface area is 155 Å². The van der Waals surface area contributed by atoms with E-state index >= 15 is 0 Å². The molecule has 0 bridgehead atoms. The van der Waals surface area contributed by atoms with Crippen molar-refractivity contribution in [1.82, 2.24) is 9.97 Å². The van der Waals surface area contributed by atoms with E-state index in [-0.39, 0.29) is 17.2 Å². The van der Waals surface area contributed by atoms with Crippen molar-refractivity contribution in [3.63, 3.8) is 0 Å². The third-order valence-corrected chi connectivity index (χ3v) is 4.12. The largest absolute Gasteiger partial charge is 0.338 e. The van der Waals surface area contributed by atoms with Gasteiger partial charge in [0.2, 0.25) is 0 Å². The average Bonchev–Trinajstić information content (AvgIpc) is 2.61. The predicted octanol–water partition coefficient (Wildman–Crippen LogP) is 4.68. The summed E-state index contributed by atoms with van der Waals surface area (Å²) in [7, 11) is 0. The highest BCUT2D eigenvalue weighted by molar-refractivity contribution is 6.03. The molecular formula is C20H18F2N4O. The molecule has 1 aromatic heterocycles. The second kappa shape index (κ2) is 7.49. The van der Waals surface area contributed by atoms with E-state index in [2.05, 4.69) is 20.6 Å². The van der Waals surface area contributed by atoms with E-state index in [0.29, 0.717) is 11.5 Å².